The van der Waals surface area contributed by atoms with Crippen molar-refractivity contribution in [2.75, 3.05) is 64.9 Å². The van der Waals surface area contributed by atoms with Gasteiger partial charge in [-0.3, -0.25) is 9.69 Å². The summed E-state index contributed by atoms with van der Waals surface area (Å²) in [5.74, 6) is 0.786. The van der Waals surface area contributed by atoms with E-state index in [0.29, 0.717) is 18.7 Å². The van der Waals surface area contributed by atoms with Crippen LogP contribution in [0.5, 0.6) is 5.75 Å². The van der Waals surface area contributed by atoms with E-state index in [2.05, 4.69) is 59.2 Å². The number of amides is 1. The summed E-state index contributed by atoms with van der Waals surface area (Å²) < 4.78 is 5.72. The van der Waals surface area contributed by atoms with Crippen LogP contribution in [0.25, 0.3) is 0 Å². The Bertz CT molecular complexity index is 922. The third kappa shape index (κ3) is 5.87. The van der Waals surface area contributed by atoms with E-state index in [-0.39, 0.29) is 11.9 Å². The Morgan fingerprint density at radius 3 is 2.52 bits per heavy atom. The van der Waals surface area contributed by atoms with Crippen molar-refractivity contribution in [1.82, 2.24) is 15.1 Å². The van der Waals surface area contributed by atoms with Gasteiger partial charge in [-0.25, -0.2) is 0 Å². The smallest absolute Gasteiger partial charge is 0.251 e. The molecule has 0 bridgehead atoms. The molecule has 4 rings (SSSR count). The topological polar surface area (TPSA) is 48.1 Å². The van der Waals surface area contributed by atoms with Crippen molar-refractivity contribution in [2.24, 2.45) is 0 Å². The van der Waals surface area contributed by atoms with Gasteiger partial charge in [0.15, 0.2) is 0 Å². The molecule has 6 heteroatoms. The molecule has 0 aromatic heterocycles. The molecule has 33 heavy (non-hydrogen) atoms. The Morgan fingerprint density at radius 1 is 1.03 bits per heavy atom. The quantitative estimate of drug-likeness (QED) is 0.592. The molecule has 178 valence electrons. The molecule has 6 nitrogen and oxygen atoms in total. The second kappa shape index (κ2) is 11.0. The average Bonchev–Trinajstić information content (AvgIpc) is 3.21. The van der Waals surface area contributed by atoms with Crippen LogP contribution in [0.4, 0.5) is 5.69 Å². The number of rotatable bonds is 9. The molecular formula is C27H38N4O2. The van der Waals surface area contributed by atoms with Crippen LogP contribution >= 0.6 is 0 Å². The normalized spacial score (nSPS) is 17.6. The largest absolute Gasteiger partial charge is 0.494 e. The molecule has 0 aliphatic carbocycles. The number of fused-ring (bicyclic) bond motifs is 1. The number of nitrogens with one attached hydrogen (secondary N) is 1. The van der Waals surface area contributed by atoms with Gasteiger partial charge in [0.2, 0.25) is 0 Å². The van der Waals surface area contributed by atoms with Gasteiger partial charge in [-0.05, 0) is 61.3 Å². The molecular weight excluding hydrogens is 412 g/mol. The molecule has 2 aliphatic rings. The fraction of sp³-hybridized carbons (Fsp3) is 0.519. The molecule has 1 fully saturated rings. The Hall–Kier alpha value is -2.57. The number of unbranched alkanes of at least 4 members (excludes halogenated alkanes) is 1. The maximum Gasteiger partial charge on any atom is 0.251 e. The van der Waals surface area contributed by atoms with Crippen molar-refractivity contribution in [3.05, 3.63) is 59.2 Å². The van der Waals surface area contributed by atoms with Gasteiger partial charge in [0.1, 0.15) is 5.75 Å². The zero-order valence-electron chi connectivity index (χ0n) is 20.3. The lowest BCUT2D eigenvalue weighted by Crippen LogP contribution is -2.48. The number of nitrogens with zero attached hydrogens (tertiary/aromatic N) is 3. The van der Waals surface area contributed by atoms with Gasteiger partial charge >= 0.3 is 0 Å². The number of carbonyl (C=O) groups excluding carboxylic acids is 1. The van der Waals surface area contributed by atoms with Crippen LogP contribution in [-0.4, -0.2) is 75.7 Å². The third-order valence-corrected chi connectivity index (χ3v) is 6.93. The molecule has 1 N–H and O–H groups in total. The van der Waals surface area contributed by atoms with Gasteiger partial charge in [0.05, 0.1) is 12.6 Å². The van der Waals surface area contributed by atoms with Crippen molar-refractivity contribution in [1.29, 1.82) is 0 Å². The summed E-state index contributed by atoms with van der Waals surface area (Å²) in [6, 6.07) is 14.5. The van der Waals surface area contributed by atoms with E-state index >= 15 is 0 Å². The van der Waals surface area contributed by atoms with Crippen LogP contribution in [0, 0.1) is 0 Å². The van der Waals surface area contributed by atoms with Crippen LogP contribution in [-0.2, 0) is 6.42 Å². The zero-order chi connectivity index (χ0) is 23.2. The molecule has 1 saturated heterocycles. The highest BCUT2D eigenvalue weighted by Crippen LogP contribution is 2.31. The number of carbonyl (C=O) groups is 1. The number of hydrogen-bond donors (Lipinski definition) is 1. The molecule has 2 aliphatic heterocycles. The van der Waals surface area contributed by atoms with Gasteiger partial charge < -0.3 is 19.9 Å². The Morgan fingerprint density at radius 2 is 1.79 bits per heavy atom. The molecule has 0 unspecified atom stereocenters. The zero-order valence-corrected chi connectivity index (χ0v) is 20.3. The summed E-state index contributed by atoms with van der Waals surface area (Å²) in [4.78, 5) is 20.1. The Labute approximate surface area is 198 Å². The molecule has 2 aromatic rings. The van der Waals surface area contributed by atoms with Crippen LogP contribution in [0.1, 0.15) is 47.3 Å². The Kier molecular flexibility index (Phi) is 7.89. The number of anilines is 1. The van der Waals surface area contributed by atoms with Gasteiger partial charge in [-0.1, -0.05) is 25.5 Å². The molecule has 0 radical (unpaired) electrons. The number of benzene rings is 2. The summed E-state index contributed by atoms with van der Waals surface area (Å²) in [5.41, 5.74) is 4.72. The van der Waals surface area contributed by atoms with E-state index < -0.39 is 0 Å². The van der Waals surface area contributed by atoms with E-state index in [1.54, 1.807) is 0 Å². The highest BCUT2D eigenvalue weighted by molar-refractivity contribution is 5.94. The lowest BCUT2D eigenvalue weighted by Gasteiger charge is -2.38. The van der Waals surface area contributed by atoms with Gasteiger partial charge in [0, 0.05) is 57.6 Å². The second-order valence-corrected chi connectivity index (χ2v) is 9.35. The van der Waals surface area contributed by atoms with Crippen molar-refractivity contribution in [3.8, 4) is 5.75 Å². The lowest BCUT2D eigenvalue weighted by molar-refractivity contribution is 0.0886. The summed E-state index contributed by atoms with van der Waals surface area (Å²) in [6.07, 6.45) is 3.24. The summed E-state index contributed by atoms with van der Waals surface area (Å²) >= 11 is 0. The van der Waals surface area contributed by atoms with Crippen LogP contribution < -0.4 is 15.0 Å². The fourth-order valence-electron chi connectivity index (χ4n) is 4.71. The SMILES string of the molecule is CCCCOc1ccc(C(=O)NC[C@@H](c2ccc3c(c2)CCN3C)N2CCN(C)CC2)cc1. The predicted molar refractivity (Wildman–Crippen MR) is 134 cm³/mol. The molecule has 2 heterocycles. The van der Waals surface area contributed by atoms with Crippen LogP contribution in [0.2, 0.25) is 0 Å². The first kappa shape index (κ1) is 23.6. The minimum absolute atomic E-state index is 0.0323. The first-order valence-corrected chi connectivity index (χ1v) is 12.3. The monoisotopic (exact) mass is 450 g/mol. The minimum atomic E-state index is -0.0323. The Balaban J connectivity index is 1.44. The first-order valence-electron chi connectivity index (χ1n) is 12.3. The summed E-state index contributed by atoms with van der Waals surface area (Å²) in [6.45, 7) is 8.67. The van der Waals surface area contributed by atoms with Gasteiger partial charge in [-0.2, -0.15) is 0 Å². The van der Waals surface area contributed by atoms with Gasteiger partial charge in [0.25, 0.3) is 5.91 Å². The molecule has 0 spiro atoms. The summed E-state index contributed by atoms with van der Waals surface area (Å²) in [5, 5.41) is 3.21. The standard InChI is InChI=1S/C27H38N4O2/c1-4-5-18-33-24-9-6-21(7-10-24)27(32)28-20-26(31-16-14-29(2)15-17-31)22-8-11-25-23(19-22)12-13-30(25)3/h6-11,19,26H,4-5,12-18,20H2,1-3H3,(H,28,32)/t26-/m0/s1. The van der Waals surface area contributed by atoms with E-state index in [1.807, 2.05) is 24.3 Å². The summed E-state index contributed by atoms with van der Waals surface area (Å²) in [7, 11) is 4.33. The first-order chi connectivity index (χ1) is 16.0. The average molecular weight is 451 g/mol. The maximum absolute atomic E-state index is 12.9. The van der Waals surface area contributed by atoms with Crippen molar-refractivity contribution in [3.63, 3.8) is 0 Å². The minimum Gasteiger partial charge on any atom is -0.494 e. The number of ether oxygens (including phenoxy) is 1. The maximum atomic E-state index is 12.9. The predicted octanol–water partition coefficient (Wildman–Crippen LogP) is 3.58. The van der Waals surface area contributed by atoms with Crippen molar-refractivity contribution >= 4 is 11.6 Å². The second-order valence-electron chi connectivity index (χ2n) is 9.35. The third-order valence-electron chi connectivity index (χ3n) is 6.93. The van der Waals surface area contributed by atoms with E-state index in [4.69, 9.17) is 4.74 Å². The molecule has 1 amide bonds. The van der Waals surface area contributed by atoms with E-state index in [1.165, 1.54) is 16.8 Å². The highest BCUT2D eigenvalue weighted by Gasteiger charge is 2.26. The number of hydrogen-bond acceptors (Lipinski definition) is 5. The lowest BCUT2D eigenvalue weighted by atomic mass is 10.00. The van der Waals surface area contributed by atoms with Crippen LogP contribution in [0.3, 0.4) is 0 Å². The van der Waals surface area contributed by atoms with E-state index in [9.17, 15) is 4.79 Å². The van der Waals surface area contributed by atoms with Crippen molar-refractivity contribution < 1.29 is 9.53 Å². The molecule has 2 aromatic carbocycles. The number of likely N-dealkylation sites (N-methyl/N-ethyl adjacent to an activating group) is 2. The fourth-order valence-corrected chi connectivity index (χ4v) is 4.71. The highest BCUT2D eigenvalue weighted by atomic mass is 16.5. The van der Waals surface area contributed by atoms with Crippen LogP contribution in [0.15, 0.2) is 42.5 Å². The van der Waals surface area contributed by atoms with Crippen molar-refractivity contribution in [2.45, 2.75) is 32.2 Å². The molecule has 1 atom stereocenters. The number of piperazine rings is 1. The van der Waals surface area contributed by atoms with E-state index in [0.717, 1.165) is 57.7 Å². The molecule has 0 saturated carbocycles. The van der Waals surface area contributed by atoms with Gasteiger partial charge in [-0.15, -0.1) is 0 Å².